The number of hydrogen-bond acceptors (Lipinski definition) is 10. The van der Waals surface area contributed by atoms with Gasteiger partial charge in [0.05, 0.1) is 22.1 Å². The van der Waals surface area contributed by atoms with Gasteiger partial charge in [-0.1, -0.05) is 12.1 Å². The van der Waals surface area contributed by atoms with Gasteiger partial charge in [-0.25, -0.2) is 8.78 Å². The number of nitrogens with two attached hydrogens (primary N) is 5. The highest BCUT2D eigenvalue weighted by Crippen LogP contribution is 2.39. The molecule has 0 radical (unpaired) electrons. The zero-order valence-corrected chi connectivity index (χ0v) is 55.1. The molecule has 15 rings (SSSR count). The van der Waals surface area contributed by atoms with Gasteiger partial charge in [0.15, 0.2) is 0 Å². The molecule has 2 aliphatic heterocycles. The van der Waals surface area contributed by atoms with Crippen molar-refractivity contribution >= 4 is 107 Å². The van der Waals surface area contributed by atoms with Gasteiger partial charge in [-0.3, -0.25) is 0 Å². The molecular weight excluding hydrogens is 1280 g/mol. The van der Waals surface area contributed by atoms with E-state index in [4.69, 9.17) is 28.7 Å². The van der Waals surface area contributed by atoms with E-state index in [2.05, 4.69) is 106 Å². The van der Waals surface area contributed by atoms with Crippen LogP contribution in [0.2, 0.25) is 0 Å². The number of hydrogen-bond donors (Lipinski definition) is 5. The molecule has 0 unspecified atom stereocenters. The third kappa shape index (κ3) is 16.4. The number of fused-ring (bicyclic) bond motifs is 5. The summed E-state index contributed by atoms with van der Waals surface area (Å²) in [5.41, 5.74) is 44.9. The normalized spacial score (nSPS) is 12.6. The number of alkyl halides is 7. The van der Waals surface area contributed by atoms with Gasteiger partial charge in [0.2, 0.25) is 0 Å². The summed E-state index contributed by atoms with van der Waals surface area (Å²) in [4.78, 5) is 6.95. The minimum Gasteiger partial charge on any atom is -0.433 e. The summed E-state index contributed by atoms with van der Waals surface area (Å²) >= 11 is 3.53. The fraction of sp³-hybridized carbons (Fsp3) is 0.143. The Morgan fingerprint density at radius 1 is 0.361 bits per heavy atom. The van der Waals surface area contributed by atoms with Gasteiger partial charge in [-0.2, -0.15) is 22.0 Å². The van der Waals surface area contributed by atoms with Crippen LogP contribution in [0.1, 0.15) is 36.1 Å². The second-order valence-electron chi connectivity index (χ2n) is 23.4. The van der Waals surface area contributed by atoms with E-state index in [1.807, 2.05) is 105 Å². The molecule has 0 bridgehead atoms. The highest BCUT2D eigenvalue weighted by atomic mass is 32.2. The van der Waals surface area contributed by atoms with Crippen LogP contribution in [0.15, 0.2) is 259 Å². The standard InChI is InChI=1S/C16H14F2N2O.C16H14F2N2.C15H13F3N2.C15H16N2S.C15H14N2S/c1-16(17,18)21-14-5-3-13(4-6-14)20-9-8-11-10-12(19)2-7-15(11)20;1-16(17,18)12-2-5-14(6-3-12)20-9-8-11-10-13(19)4-7-15(11)20;16-15(17,18)11-1-4-13(5-2-11)20-8-7-10-9-12(19)3-6-14(10)20;2*1-18-14-5-3-13(4-6-14)17-9-8-11-10-12(16)2-7-15(11)17/h2-10H,19H2,1H3;2-10H,19H2,1H3;1-6,9H,7-8,19H2;2-7,10H,8-9,16H2,1H3;2-10H,16H2,1H3. The Hall–Kier alpha value is -10.6. The maximum atomic E-state index is 13.2. The first-order valence-electron chi connectivity index (χ1n) is 30.9. The van der Waals surface area contributed by atoms with Gasteiger partial charge in [0, 0.05) is 145 Å². The van der Waals surface area contributed by atoms with Crippen molar-refractivity contribution in [3.63, 3.8) is 0 Å². The molecule has 20 heteroatoms. The van der Waals surface area contributed by atoms with Crippen LogP contribution in [-0.2, 0) is 24.9 Å². The number of nitrogen functional groups attached to an aromatic ring is 5. The molecule has 0 spiro atoms. The lowest BCUT2D eigenvalue weighted by Crippen LogP contribution is -2.18. The van der Waals surface area contributed by atoms with E-state index in [0.29, 0.717) is 24.0 Å². The van der Waals surface area contributed by atoms with Crippen molar-refractivity contribution in [3.05, 3.63) is 271 Å². The molecule has 0 saturated carbocycles. The highest BCUT2D eigenvalue weighted by Gasteiger charge is 2.31. The number of benzene rings is 10. The first-order valence-corrected chi connectivity index (χ1v) is 33.4. The van der Waals surface area contributed by atoms with Crippen LogP contribution in [0.5, 0.6) is 5.75 Å². The molecule has 11 nitrogen and oxygen atoms in total. The van der Waals surface area contributed by atoms with Crippen molar-refractivity contribution in [3.8, 4) is 22.8 Å². The molecule has 5 heterocycles. The van der Waals surface area contributed by atoms with E-state index >= 15 is 0 Å². The highest BCUT2D eigenvalue weighted by molar-refractivity contribution is 7.98. The van der Waals surface area contributed by atoms with Crippen LogP contribution in [0.3, 0.4) is 0 Å². The van der Waals surface area contributed by atoms with Crippen LogP contribution >= 0.6 is 23.5 Å². The van der Waals surface area contributed by atoms with Crippen LogP contribution < -0.4 is 43.2 Å². The van der Waals surface area contributed by atoms with E-state index in [1.54, 1.807) is 53.9 Å². The summed E-state index contributed by atoms with van der Waals surface area (Å²) in [7, 11) is 0. The van der Waals surface area contributed by atoms with Crippen LogP contribution in [0, 0.1) is 0 Å². The first-order chi connectivity index (χ1) is 46.4. The third-order valence-corrected chi connectivity index (χ3v) is 17.9. The van der Waals surface area contributed by atoms with Crippen molar-refractivity contribution in [1.29, 1.82) is 0 Å². The molecule has 10 aromatic carbocycles. The monoisotopic (exact) mass is 1350 g/mol. The smallest absolute Gasteiger partial charge is 0.416 e. The van der Waals surface area contributed by atoms with E-state index in [-0.39, 0.29) is 11.3 Å². The number of anilines is 9. The molecule has 496 valence electrons. The maximum absolute atomic E-state index is 13.2. The predicted octanol–water partition coefficient (Wildman–Crippen LogP) is 20.1. The summed E-state index contributed by atoms with van der Waals surface area (Å²) in [5, 5.41) is 3.22. The lowest BCUT2D eigenvalue weighted by molar-refractivity contribution is -0.159. The quantitative estimate of drug-likeness (QED) is 0.0507. The minimum absolute atomic E-state index is 0.0157. The summed E-state index contributed by atoms with van der Waals surface area (Å²) < 4.78 is 100. The van der Waals surface area contributed by atoms with Crippen molar-refractivity contribution in [2.24, 2.45) is 0 Å². The molecule has 0 aliphatic carbocycles. The lowest BCUT2D eigenvalue weighted by atomic mass is 10.1. The number of rotatable bonds is 10. The third-order valence-electron chi connectivity index (χ3n) is 16.4. The maximum Gasteiger partial charge on any atom is 0.416 e. The SMILES string of the molecule is CC(F)(F)Oc1ccc(-n2ccc3cc(N)ccc32)cc1.CC(F)(F)c1ccc(-n2ccc3cc(N)ccc32)cc1.CSc1ccc(-n2ccc3cc(N)ccc32)cc1.CSc1ccc(N2CCc3cc(N)ccc32)cc1.Nc1ccc2c(c1)CCN2c1ccc(C(F)(F)F)cc1. The Bertz CT molecular complexity index is 4830. The van der Waals surface area contributed by atoms with E-state index < -0.39 is 23.8 Å². The zero-order chi connectivity index (χ0) is 68.8. The molecule has 0 amide bonds. The second kappa shape index (κ2) is 28.8. The molecule has 10 N–H and O–H groups in total. The number of ether oxygens (including phenoxy) is 1. The molecule has 3 aromatic heterocycles. The fourth-order valence-corrected chi connectivity index (χ4v) is 12.5. The summed E-state index contributed by atoms with van der Waals surface area (Å²) in [6.07, 6.45) is 4.53. The van der Waals surface area contributed by atoms with Crippen LogP contribution in [0.25, 0.3) is 49.8 Å². The van der Waals surface area contributed by atoms with Crippen molar-refractivity contribution < 1.29 is 35.5 Å². The Labute approximate surface area is 566 Å². The van der Waals surface area contributed by atoms with Gasteiger partial charge in [-0.05, 0) is 255 Å². The topological polar surface area (TPSA) is 161 Å². The Morgan fingerprint density at radius 2 is 0.680 bits per heavy atom. The molecule has 13 aromatic rings. The van der Waals surface area contributed by atoms with E-state index in [1.165, 1.54) is 79.7 Å². The zero-order valence-electron chi connectivity index (χ0n) is 53.5. The largest absolute Gasteiger partial charge is 0.433 e. The lowest BCUT2D eigenvalue weighted by Gasteiger charge is -2.20. The van der Waals surface area contributed by atoms with Gasteiger partial charge in [0.25, 0.3) is 5.92 Å². The Kier molecular flexibility index (Phi) is 20.1. The molecule has 97 heavy (non-hydrogen) atoms. The van der Waals surface area contributed by atoms with Crippen LogP contribution in [-0.4, -0.2) is 45.4 Å². The molecule has 0 saturated heterocycles. The molecule has 0 atom stereocenters. The van der Waals surface area contributed by atoms with E-state index in [0.717, 1.165) is 106 Å². The number of nitrogens with zero attached hydrogens (tertiary/aromatic N) is 5. The van der Waals surface area contributed by atoms with Crippen molar-refractivity contribution in [2.45, 2.75) is 54.7 Å². The van der Waals surface area contributed by atoms with Gasteiger partial charge >= 0.3 is 12.3 Å². The van der Waals surface area contributed by atoms with Gasteiger partial charge in [0.1, 0.15) is 5.75 Å². The summed E-state index contributed by atoms with van der Waals surface area (Å²) in [6, 6.07) is 70.5. The predicted molar refractivity (Wildman–Crippen MR) is 388 cm³/mol. The average molecular weight is 1350 g/mol. The summed E-state index contributed by atoms with van der Waals surface area (Å²) in [5.74, 6) is -2.68. The second-order valence-corrected chi connectivity index (χ2v) is 25.1. The minimum atomic E-state index is -4.30. The molecule has 2 aliphatic rings. The fourth-order valence-electron chi connectivity index (χ4n) is 11.7. The number of halogens is 7. The molecular formula is C77H71F7N10OS2. The van der Waals surface area contributed by atoms with Gasteiger partial charge in [-0.15, -0.1) is 23.5 Å². The number of thioether (sulfide) groups is 2. The Morgan fingerprint density at radius 3 is 1.03 bits per heavy atom. The number of aromatic nitrogens is 3. The van der Waals surface area contributed by atoms with E-state index in [9.17, 15) is 30.7 Å². The van der Waals surface area contributed by atoms with Crippen molar-refractivity contribution in [2.75, 3.05) is 64.1 Å². The first kappa shape index (κ1) is 67.8. The Balaban J connectivity index is 0.000000123. The van der Waals surface area contributed by atoms with Crippen molar-refractivity contribution in [1.82, 2.24) is 13.7 Å². The summed E-state index contributed by atoms with van der Waals surface area (Å²) in [6.45, 7) is 3.40. The van der Waals surface area contributed by atoms with Gasteiger partial charge < -0.3 is 56.9 Å². The molecule has 0 fully saturated rings. The van der Waals surface area contributed by atoms with Crippen LogP contribution in [0.4, 0.5) is 81.9 Å². The average Bonchev–Trinajstić information content (AvgIpc) is 1.69.